The first-order chi connectivity index (χ1) is 58.4. The summed E-state index contributed by atoms with van der Waals surface area (Å²) in [6, 6.07) is -5.84. The summed E-state index contributed by atoms with van der Waals surface area (Å²) in [5, 5.41) is 329. The van der Waals surface area contributed by atoms with Crippen LogP contribution in [-0.4, -0.2) is 537 Å². The first-order valence-electron chi connectivity index (χ1n) is 39.5. The number of hydrogen-bond donors (Lipinski definition) is 32. The second kappa shape index (κ2) is 43.6. The highest BCUT2D eigenvalue weighted by Gasteiger charge is 2.63. The zero-order valence-corrected chi connectivity index (χ0v) is 66.6. The number of ether oxygens (including phenoxy) is 19. The van der Waals surface area contributed by atoms with Gasteiger partial charge in [-0.05, 0) is 13.8 Å². The van der Waals surface area contributed by atoms with E-state index in [1.807, 2.05) is 0 Å². The number of aliphatic hydroxyl groups is 28. The van der Waals surface area contributed by atoms with E-state index in [0.29, 0.717) is 0 Å². The summed E-state index contributed by atoms with van der Waals surface area (Å²) < 4.78 is 113. The van der Waals surface area contributed by atoms with Crippen LogP contribution in [0.15, 0.2) is 0 Å². The van der Waals surface area contributed by atoms with Crippen molar-refractivity contribution in [2.24, 2.45) is 0 Å². The molecule has 0 aliphatic carbocycles. The van der Waals surface area contributed by atoms with E-state index in [0.717, 1.165) is 20.8 Å². The molecular formula is C69H115N3O52. The lowest BCUT2D eigenvalue weighted by Gasteiger charge is -2.52. The number of aliphatic hydroxyl groups excluding tert-OH is 28. The van der Waals surface area contributed by atoms with Crippen molar-refractivity contribution in [3.05, 3.63) is 0 Å². The molecule has 0 aromatic rings. The van der Waals surface area contributed by atoms with Gasteiger partial charge in [-0.15, -0.1) is 0 Å². The molecule has 0 aromatic heterocycles. The molecule has 0 spiro atoms. The normalized spacial score (nSPS) is 49.7. The van der Waals surface area contributed by atoms with E-state index in [4.69, 9.17) is 90.0 Å². The van der Waals surface area contributed by atoms with Gasteiger partial charge >= 0.3 is 5.97 Å². The second-order valence-corrected chi connectivity index (χ2v) is 31.7. The molecule has 0 aromatic carbocycles. The number of nitrogens with one attached hydrogen (secondary N) is 3. The molecule has 55 nitrogen and oxygen atoms in total. The third-order valence-electron chi connectivity index (χ3n) is 23.0. The highest BCUT2D eigenvalue weighted by atomic mass is 16.8. The minimum absolute atomic E-state index is 0.845. The van der Waals surface area contributed by atoms with Crippen LogP contribution in [0.5, 0.6) is 0 Å². The molecule has 1 unspecified atom stereocenters. The lowest BCUT2D eigenvalue weighted by atomic mass is 9.88. The van der Waals surface area contributed by atoms with E-state index in [1.54, 1.807) is 0 Å². The Kier molecular flexibility index (Phi) is 35.9. The van der Waals surface area contributed by atoms with Crippen molar-refractivity contribution in [3.8, 4) is 0 Å². The van der Waals surface area contributed by atoms with Gasteiger partial charge in [0.25, 0.3) is 5.79 Å². The molecule has 718 valence electrons. The van der Waals surface area contributed by atoms with Gasteiger partial charge in [-0.25, -0.2) is 4.79 Å². The Morgan fingerprint density at radius 3 is 1.24 bits per heavy atom. The van der Waals surface area contributed by atoms with Crippen LogP contribution in [0.25, 0.3) is 0 Å². The van der Waals surface area contributed by atoms with E-state index in [2.05, 4.69) is 16.0 Å². The van der Waals surface area contributed by atoms with Crippen molar-refractivity contribution in [3.63, 3.8) is 0 Å². The number of carbonyl (C=O) groups is 4. The number of carbonyl (C=O) groups excluding carboxylic acids is 3. The Morgan fingerprint density at radius 1 is 0.347 bits per heavy atom. The second-order valence-electron chi connectivity index (χ2n) is 31.7. The van der Waals surface area contributed by atoms with Gasteiger partial charge in [0.2, 0.25) is 17.7 Å². The molecule has 0 bridgehead atoms. The minimum atomic E-state index is -3.09. The van der Waals surface area contributed by atoms with Gasteiger partial charge in [0.1, 0.15) is 226 Å². The van der Waals surface area contributed by atoms with Crippen LogP contribution in [0.1, 0.15) is 41.0 Å². The standard InChI is InChI=1S/C69H115N3O52/c1-15-32(84)40(92)46(98)62(108-15)120-55-31(72-19(5)81)60(113-26(12-78)53(55)119-67-58(123-63-47(99)41(93)33(85)16(2)109-63)57(37(89)23(9-75)112-67)122-64-48(100)42(94)35(87)22(8-74)111-64)106-13-27-38(90)56(50(102)66(115-27)118-52-24(10-76)110-59(103)45(97)44(52)96)121-61-30(71-18(4)80)39(91)51(25(11-77)114-61)117-65-49(101)43(95)36(88)28(116-65)14-107-69(68(104)105)6-20(82)29(70-17(3)79)54(124-69)34(86)21(83)7-73/h15-16,20-67,73-78,82-103H,6-14H2,1-5H3,(H,70,79)(H,71,80)(H,72,81)(H,104,105)/t15-,16-,20-,21+,22+,23+,24+,25+,26+,27+,28+,29+,30+,31+,32+,33+,34+,35-,36-,37-,38-,39+,40+,41+,42-,43-,44+,45+,46-,47-,48+,49+,50+,51+,52+,53+,54+,55+,56-,57-,58+,59?,60+,61-,62-,63-,64+,65-,66-,67-,69+/m0/s1. The summed E-state index contributed by atoms with van der Waals surface area (Å²) in [5.41, 5.74) is 0. The molecular weight excluding hydrogens is 1700 g/mol. The summed E-state index contributed by atoms with van der Waals surface area (Å²) in [5.74, 6) is -8.07. The Hall–Kier alpha value is -4.00. The maximum atomic E-state index is 13.7. The van der Waals surface area contributed by atoms with Crippen LogP contribution in [-0.2, 0) is 109 Å². The molecule has 51 atom stereocenters. The van der Waals surface area contributed by atoms with E-state index in [1.165, 1.54) is 13.8 Å². The van der Waals surface area contributed by atoms with Crippen molar-refractivity contribution < 1.29 is 257 Å². The third-order valence-corrected chi connectivity index (χ3v) is 23.0. The number of rotatable bonds is 32. The van der Waals surface area contributed by atoms with Crippen LogP contribution in [0.4, 0.5) is 0 Å². The predicted molar refractivity (Wildman–Crippen MR) is 379 cm³/mol. The van der Waals surface area contributed by atoms with Crippen molar-refractivity contribution in [2.45, 2.75) is 354 Å². The molecule has 10 fully saturated rings. The molecule has 0 saturated carbocycles. The van der Waals surface area contributed by atoms with Crippen LogP contribution in [0.3, 0.4) is 0 Å². The van der Waals surface area contributed by atoms with Gasteiger partial charge in [-0.3, -0.25) is 14.4 Å². The largest absolute Gasteiger partial charge is 0.477 e. The molecule has 55 heteroatoms. The first kappa shape index (κ1) is 102. The summed E-state index contributed by atoms with van der Waals surface area (Å²) in [7, 11) is 0. The number of aliphatic carboxylic acids is 1. The van der Waals surface area contributed by atoms with E-state index >= 15 is 0 Å². The number of amides is 3. The molecule has 10 heterocycles. The van der Waals surface area contributed by atoms with Gasteiger partial charge < -0.3 is 254 Å². The highest BCUT2D eigenvalue weighted by molar-refractivity contribution is 5.77. The van der Waals surface area contributed by atoms with E-state index in [-0.39, 0.29) is 0 Å². The van der Waals surface area contributed by atoms with Crippen molar-refractivity contribution in [1.82, 2.24) is 16.0 Å². The topological polar surface area (TPSA) is 866 Å². The number of hydrogen-bond acceptors (Lipinski definition) is 51. The van der Waals surface area contributed by atoms with Gasteiger partial charge in [0.15, 0.2) is 56.6 Å². The minimum Gasteiger partial charge on any atom is -0.477 e. The van der Waals surface area contributed by atoms with Gasteiger partial charge in [0.05, 0.1) is 77.2 Å². The Balaban J connectivity index is 0.964. The maximum Gasteiger partial charge on any atom is 0.364 e. The lowest BCUT2D eigenvalue weighted by Crippen LogP contribution is -2.71. The summed E-state index contributed by atoms with van der Waals surface area (Å²) >= 11 is 0. The van der Waals surface area contributed by atoms with Crippen molar-refractivity contribution in [2.75, 3.05) is 52.9 Å². The molecule has 0 radical (unpaired) electrons. The fourth-order valence-corrected chi connectivity index (χ4v) is 16.0. The molecule has 32 N–H and O–H groups in total. The molecule has 10 aliphatic rings. The lowest BCUT2D eigenvalue weighted by molar-refractivity contribution is -0.408. The molecule has 10 aliphatic heterocycles. The molecule has 10 saturated heterocycles. The zero-order chi connectivity index (χ0) is 91.6. The monoisotopic (exact) mass is 1820 g/mol. The molecule has 10 rings (SSSR count). The quantitative estimate of drug-likeness (QED) is 0.0297. The average molecular weight is 1820 g/mol. The van der Waals surface area contributed by atoms with Gasteiger partial charge in [0, 0.05) is 27.2 Å². The first-order valence-corrected chi connectivity index (χ1v) is 39.5. The third kappa shape index (κ3) is 22.0. The van der Waals surface area contributed by atoms with Crippen molar-refractivity contribution >= 4 is 23.7 Å². The summed E-state index contributed by atoms with van der Waals surface area (Å²) in [6.07, 6.45) is -102. The van der Waals surface area contributed by atoms with Crippen LogP contribution in [0, 0.1) is 0 Å². The fourth-order valence-electron chi connectivity index (χ4n) is 16.0. The molecule has 124 heavy (non-hydrogen) atoms. The maximum absolute atomic E-state index is 13.7. The summed E-state index contributed by atoms with van der Waals surface area (Å²) in [6.45, 7) is -4.39. The Bertz CT molecular complexity index is 3380. The van der Waals surface area contributed by atoms with E-state index < -0.39 is 395 Å². The fraction of sp³-hybridized carbons (Fsp3) is 0.942. The number of carboxylic acids is 1. The van der Waals surface area contributed by atoms with Crippen LogP contribution >= 0.6 is 0 Å². The summed E-state index contributed by atoms with van der Waals surface area (Å²) in [4.78, 5) is 52.1. The highest BCUT2D eigenvalue weighted by Crippen LogP contribution is 2.42. The Morgan fingerprint density at radius 2 is 0.726 bits per heavy atom. The van der Waals surface area contributed by atoms with Crippen molar-refractivity contribution in [1.29, 1.82) is 0 Å². The molecule has 3 amide bonds. The SMILES string of the molecule is CC(=O)N[C@H]1[C@H](O[C@H]2[C@@H](O)[C@@H](CO[C@@H]3O[C@H](CO)[C@@H](O[C@@H]4O[C@H](CO)[C@H](O)[C@H](O[C@H]5O[C@H](CO)[C@H](O)[C@H](O)[C@H]5O)[C@H]4O[C@@H]4O[C@@H](C)[C@@H](O)[C@@H](O)[C@@H]4O)[C@H](O[C@@H]4O[C@@H](C)[C@@H](O)[C@@H](O)[C@@H]4O)[C@H]3NC(C)=O)O[C@@H](O[C@H]3[C@H](O)[C@@H](O)C(O)O[C@@H]3CO)[C@@H]2O)O[C@H](CO)[C@@H](O[C@@H]2O[C@H](CO[C@]3(C(=O)O)C[C@H](O)[C@@H](NC(C)=O)[C@H]([C@H](O)[C@H](O)CO)O3)[C@H](O)[C@H](O)[C@H]2O)[C@@H]1O. The van der Waals surface area contributed by atoms with Gasteiger partial charge in [-0.1, -0.05) is 0 Å². The predicted octanol–water partition coefficient (Wildman–Crippen LogP) is -21.1. The van der Waals surface area contributed by atoms with Crippen LogP contribution < -0.4 is 16.0 Å². The average Bonchev–Trinajstić information content (AvgIpc) is 0.769. The van der Waals surface area contributed by atoms with E-state index in [9.17, 15) is 167 Å². The van der Waals surface area contributed by atoms with Gasteiger partial charge in [-0.2, -0.15) is 0 Å². The number of carboxylic acid groups (broad SMARTS) is 1. The zero-order valence-electron chi connectivity index (χ0n) is 66.6. The van der Waals surface area contributed by atoms with Crippen LogP contribution in [0.2, 0.25) is 0 Å². The Labute approximate surface area is 701 Å². The smallest absolute Gasteiger partial charge is 0.364 e.